The van der Waals surface area contributed by atoms with Crippen molar-refractivity contribution in [2.24, 2.45) is 0 Å². The van der Waals surface area contributed by atoms with Gasteiger partial charge in [0.15, 0.2) is 9.84 Å². The minimum atomic E-state index is -3.29. The lowest BCUT2D eigenvalue weighted by molar-refractivity contribution is 0.0697. The molecule has 0 aliphatic rings. The van der Waals surface area contributed by atoms with Gasteiger partial charge in [0.2, 0.25) is 0 Å². The maximum Gasteiger partial charge on any atom is 0.335 e. The van der Waals surface area contributed by atoms with E-state index in [0.717, 1.165) is 4.90 Å². The Balaban J connectivity index is 2.34. The van der Waals surface area contributed by atoms with Crippen molar-refractivity contribution < 1.29 is 18.3 Å². The average molecular weight is 322 g/mol. The highest BCUT2D eigenvalue weighted by molar-refractivity contribution is 8.00. The summed E-state index contributed by atoms with van der Waals surface area (Å²) in [4.78, 5) is 12.5. The first kappa shape index (κ1) is 15.6. The maximum absolute atomic E-state index is 12.1. The van der Waals surface area contributed by atoms with Crippen LogP contribution in [0.15, 0.2) is 63.2 Å². The first-order valence-corrected chi connectivity index (χ1v) is 8.74. The Labute approximate surface area is 127 Å². The highest BCUT2D eigenvalue weighted by Crippen LogP contribution is 2.33. The van der Waals surface area contributed by atoms with Gasteiger partial charge in [0.05, 0.1) is 16.2 Å². The van der Waals surface area contributed by atoms with Gasteiger partial charge in [0.25, 0.3) is 0 Å². The maximum atomic E-state index is 12.1. The summed E-state index contributed by atoms with van der Waals surface area (Å²) in [6.07, 6.45) is 0. The first-order chi connectivity index (χ1) is 9.94. The van der Waals surface area contributed by atoms with Crippen molar-refractivity contribution in [2.45, 2.75) is 21.6 Å². The largest absolute Gasteiger partial charge is 0.478 e. The van der Waals surface area contributed by atoms with Gasteiger partial charge < -0.3 is 5.11 Å². The average Bonchev–Trinajstić information content (AvgIpc) is 2.48. The quantitative estimate of drug-likeness (QED) is 0.914. The molecular weight excluding hydrogens is 308 g/mol. The number of carboxylic acids is 1. The normalized spacial score (nSPS) is 11.3. The molecule has 21 heavy (non-hydrogen) atoms. The zero-order valence-electron chi connectivity index (χ0n) is 11.3. The van der Waals surface area contributed by atoms with Crippen LogP contribution in [-0.2, 0) is 9.84 Å². The molecular formula is C15H14O4S2. The first-order valence-electron chi connectivity index (χ1n) is 6.27. The number of aromatic carboxylic acids is 1. The molecule has 0 aromatic heterocycles. The fourth-order valence-corrected chi connectivity index (χ4v) is 4.06. The third-order valence-corrected chi connectivity index (χ3v) is 5.89. The molecule has 4 nitrogen and oxygen atoms in total. The summed E-state index contributed by atoms with van der Waals surface area (Å²) < 4.78 is 24.1. The van der Waals surface area contributed by atoms with Crippen LogP contribution in [0.2, 0.25) is 0 Å². The van der Waals surface area contributed by atoms with E-state index >= 15 is 0 Å². The van der Waals surface area contributed by atoms with Crippen molar-refractivity contribution in [3.8, 4) is 0 Å². The van der Waals surface area contributed by atoms with E-state index in [1.807, 2.05) is 0 Å². The molecule has 0 unspecified atom stereocenters. The lowest BCUT2D eigenvalue weighted by Crippen LogP contribution is -2.04. The Morgan fingerprint density at radius 1 is 1.10 bits per heavy atom. The van der Waals surface area contributed by atoms with Gasteiger partial charge in [-0.2, -0.15) is 0 Å². The van der Waals surface area contributed by atoms with Crippen molar-refractivity contribution in [2.75, 3.05) is 5.75 Å². The van der Waals surface area contributed by atoms with E-state index < -0.39 is 15.8 Å². The van der Waals surface area contributed by atoms with Crippen LogP contribution in [0.4, 0.5) is 0 Å². The number of sulfone groups is 1. The van der Waals surface area contributed by atoms with E-state index in [0.29, 0.717) is 9.79 Å². The van der Waals surface area contributed by atoms with Gasteiger partial charge in [-0.15, -0.1) is 0 Å². The number of rotatable bonds is 5. The lowest BCUT2D eigenvalue weighted by atomic mass is 10.2. The second-order valence-corrected chi connectivity index (χ2v) is 7.64. The monoisotopic (exact) mass is 322 g/mol. The molecule has 1 N–H and O–H groups in total. The zero-order valence-corrected chi connectivity index (χ0v) is 12.9. The number of hydrogen-bond acceptors (Lipinski definition) is 4. The fraction of sp³-hybridized carbons (Fsp3) is 0.133. The predicted molar refractivity (Wildman–Crippen MR) is 81.7 cm³/mol. The van der Waals surface area contributed by atoms with Crippen LogP contribution in [0.1, 0.15) is 17.3 Å². The van der Waals surface area contributed by atoms with Crippen LogP contribution < -0.4 is 0 Å². The minimum Gasteiger partial charge on any atom is -0.478 e. The highest BCUT2D eigenvalue weighted by atomic mass is 32.2. The standard InChI is InChI=1S/C15H14O4S2/c1-2-21(18,19)14-6-4-3-5-13(14)20-12-9-7-11(8-10-12)15(16)17/h3-10H,2H2,1H3,(H,16,17). The highest BCUT2D eigenvalue weighted by Gasteiger charge is 2.16. The summed E-state index contributed by atoms with van der Waals surface area (Å²) in [5.74, 6) is -0.941. The summed E-state index contributed by atoms with van der Waals surface area (Å²) in [5.41, 5.74) is 0.203. The van der Waals surface area contributed by atoms with E-state index in [1.54, 1.807) is 43.3 Å². The molecule has 6 heteroatoms. The minimum absolute atomic E-state index is 0.0442. The summed E-state index contributed by atoms with van der Waals surface area (Å²) in [6.45, 7) is 1.61. The third-order valence-electron chi connectivity index (χ3n) is 2.89. The van der Waals surface area contributed by atoms with Gasteiger partial charge in [-0.3, -0.25) is 0 Å². The Kier molecular flexibility index (Phi) is 4.69. The Morgan fingerprint density at radius 2 is 1.71 bits per heavy atom. The van der Waals surface area contributed by atoms with Gasteiger partial charge >= 0.3 is 5.97 Å². The van der Waals surface area contributed by atoms with E-state index in [9.17, 15) is 13.2 Å². The van der Waals surface area contributed by atoms with Gasteiger partial charge in [0, 0.05) is 9.79 Å². The molecule has 0 aliphatic heterocycles. The topological polar surface area (TPSA) is 71.4 Å². The molecule has 0 amide bonds. The third kappa shape index (κ3) is 3.65. The smallest absolute Gasteiger partial charge is 0.335 e. The number of carboxylic acid groups (broad SMARTS) is 1. The second kappa shape index (κ2) is 6.32. The van der Waals surface area contributed by atoms with Crippen LogP contribution >= 0.6 is 11.8 Å². The van der Waals surface area contributed by atoms with E-state index in [2.05, 4.69) is 0 Å². The van der Waals surface area contributed by atoms with Crippen LogP contribution in [0.5, 0.6) is 0 Å². The van der Waals surface area contributed by atoms with Gasteiger partial charge in [-0.05, 0) is 36.4 Å². The van der Waals surface area contributed by atoms with E-state index in [4.69, 9.17) is 5.11 Å². The van der Waals surface area contributed by atoms with Crippen LogP contribution in [0, 0.1) is 0 Å². The second-order valence-electron chi connectivity index (χ2n) is 4.28. The van der Waals surface area contributed by atoms with Crippen molar-refractivity contribution in [1.29, 1.82) is 0 Å². The van der Waals surface area contributed by atoms with E-state index in [1.165, 1.54) is 23.9 Å². The molecule has 0 saturated heterocycles. The summed E-state index contributed by atoms with van der Waals surface area (Å²) in [6, 6.07) is 13.2. The molecule has 0 saturated carbocycles. The van der Waals surface area contributed by atoms with Crippen molar-refractivity contribution >= 4 is 27.6 Å². The van der Waals surface area contributed by atoms with E-state index in [-0.39, 0.29) is 11.3 Å². The number of benzene rings is 2. The molecule has 0 atom stereocenters. The molecule has 0 heterocycles. The molecule has 110 valence electrons. The van der Waals surface area contributed by atoms with Crippen LogP contribution in [0.3, 0.4) is 0 Å². The Bertz CT molecular complexity index is 749. The number of hydrogen-bond donors (Lipinski definition) is 1. The van der Waals surface area contributed by atoms with Gasteiger partial charge in [0.1, 0.15) is 0 Å². The molecule has 2 rings (SSSR count). The summed E-state index contributed by atoms with van der Waals surface area (Å²) >= 11 is 1.30. The molecule has 2 aromatic carbocycles. The van der Waals surface area contributed by atoms with Gasteiger partial charge in [-0.25, -0.2) is 13.2 Å². The van der Waals surface area contributed by atoms with Crippen molar-refractivity contribution in [3.63, 3.8) is 0 Å². The molecule has 0 radical (unpaired) electrons. The summed E-state index contributed by atoms with van der Waals surface area (Å²) in [5, 5.41) is 8.86. The summed E-state index contributed by atoms with van der Waals surface area (Å²) in [7, 11) is -3.29. The molecule has 0 bridgehead atoms. The zero-order chi connectivity index (χ0) is 15.5. The Morgan fingerprint density at radius 3 is 2.29 bits per heavy atom. The molecule has 0 fully saturated rings. The Hall–Kier alpha value is -1.79. The molecule has 2 aromatic rings. The van der Waals surface area contributed by atoms with Gasteiger partial charge in [-0.1, -0.05) is 30.8 Å². The molecule has 0 spiro atoms. The predicted octanol–water partition coefficient (Wildman–Crippen LogP) is 3.33. The number of carbonyl (C=O) groups is 1. The lowest BCUT2D eigenvalue weighted by Gasteiger charge is -2.09. The SMILES string of the molecule is CCS(=O)(=O)c1ccccc1Sc1ccc(C(=O)O)cc1. The fourth-order valence-electron chi connectivity index (χ4n) is 1.74. The molecule has 0 aliphatic carbocycles. The van der Waals surface area contributed by atoms with Crippen LogP contribution in [0.25, 0.3) is 0 Å². The van der Waals surface area contributed by atoms with Crippen LogP contribution in [-0.4, -0.2) is 25.2 Å². The van der Waals surface area contributed by atoms with Crippen molar-refractivity contribution in [3.05, 3.63) is 54.1 Å². The van der Waals surface area contributed by atoms with Crippen molar-refractivity contribution in [1.82, 2.24) is 0 Å².